The van der Waals surface area contributed by atoms with Gasteiger partial charge in [0.05, 0.1) is 12.3 Å². The maximum absolute atomic E-state index is 11.2. The number of aromatic nitrogens is 1. The van der Waals surface area contributed by atoms with Gasteiger partial charge in [-0.3, -0.25) is 4.79 Å². The molecule has 0 bridgehead atoms. The van der Waals surface area contributed by atoms with Crippen molar-refractivity contribution in [2.24, 2.45) is 5.10 Å². The van der Waals surface area contributed by atoms with Crippen molar-refractivity contribution >= 4 is 23.7 Å². The highest BCUT2D eigenvalue weighted by atomic mass is 35.5. The van der Waals surface area contributed by atoms with Crippen molar-refractivity contribution in [3.05, 3.63) is 51.8 Å². The Balaban J connectivity index is 2.33. The van der Waals surface area contributed by atoms with Gasteiger partial charge in [-0.15, -0.1) is 0 Å². The third-order valence-electron chi connectivity index (χ3n) is 3.51. The van der Waals surface area contributed by atoms with Crippen molar-refractivity contribution in [1.29, 1.82) is 5.26 Å². The van der Waals surface area contributed by atoms with Crippen LogP contribution in [0.2, 0.25) is 5.02 Å². The van der Waals surface area contributed by atoms with Crippen LogP contribution in [0.4, 0.5) is 0 Å². The minimum absolute atomic E-state index is 0.210. The molecule has 0 radical (unpaired) electrons. The van der Waals surface area contributed by atoms with Crippen LogP contribution in [0.3, 0.4) is 0 Å². The molecule has 0 saturated carbocycles. The third kappa shape index (κ3) is 3.79. The zero-order chi connectivity index (χ0) is 17.0. The van der Waals surface area contributed by atoms with Gasteiger partial charge in [-0.25, -0.2) is 5.43 Å². The fraction of sp³-hybridized carbons (Fsp3) is 0.235. The molecule has 1 N–H and O–H groups in total. The zero-order valence-electron chi connectivity index (χ0n) is 13.2. The molecule has 0 aliphatic carbocycles. The lowest BCUT2D eigenvalue weighted by molar-refractivity contribution is -0.120. The van der Waals surface area contributed by atoms with Crippen LogP contribution in [0.25, 0.3) is 5.69 Å². The Kier molecular flexibility index (Phi) is 5.20. The van der Waals surface area contributed by atoms with Crippen molar-refractivity contribution in [1.82, 2.24) is 9.99 Å². The number of amides is 1. The van der Waals surface area contributed by atoms with Crippen molar-refractivity contribution in [3.63, 3.8) is 0 Å². The second-order valence-electron chi connectivity index (χ2n) is 5.22. The van der Waals surface area contributed by atoms with Gasteiger partial charge in [0.15, 0.2) is 0 Å². The molecule has 1 aromatic heterocycles. The summed E-state index contributed by atoms with van der Waals surface area (Å²) in [5.41, 5.74) is 7.37. The number of rotatable bonds is 4. The summed E-state index contributed by atoms with van der Waals surface area (Å²) in [7, 11) is 0. The highest BCUT2D eigenvalue weighted by Gasteiger charge is 2.11. The molecular weight excluding hydrogens is 312 g/mol. The average Bonchev–Trinajstić information content (AvgIpc) is 2.77. The minimum Gasteiger partial charge on any atom is -0.318 e. The van der Waals surface area contributed by atoms with Gasteiger partial charge in [-0.1, -0.05) is 17.7 Å². The van der Waals surface area contributed by atoms with Crippen LogP contribution in [-0.2, 0) is 4.79 Å². The highest BCUT2D eigenvalue weighted by Crippen LogP contribution is 2.25. The number of halogens is 1. The van der Waals surface area contributed by atoms with E-state index >= 15 is 0 Å². The maximum atomic E-state index is 11.2. The molecule has 1 amide bonds. The summed E-state index contributed by atoms with van der Waals surface area (Å²) < 4.78 is 2.10. The lowest BCUT2D eigenvalue weighted by atomic mass is 10.2. The van der Waals surface area contributed by atoms with E-state index in [1.54, 1.807) is 12.3 Å². The number of hydrogen-bond donors (Lipinski definition) is 1. The van der Waals surface area contributed by atoms with Crippen molar-refractivity contribution in [2.45, 2.75) is 27.2 Å². The van der Waals surface area contributed by atoms with Gasteiger partial charge >= 0.3 is 0 Å². The molecule has 0 saturated heterocycles. The number of hydrogen-bond acceptors (Lipinski definition) is 3. The van der Waals surface area contributed by atoms with Gasteiger partial charge in [0.1, 0.15) is 6.42 Å². The summed E-state index contributed by atoms with van der Waals surface area (Å²) >= 11 is 6.11. The van der Waals surface area contributed by atoms with Crippen molar-refractivity contribution < 1.29 is 4.79 Å². The molecule has 118 valence electrons. The predicted octanol–water partition coefficient (Wildman–Crippen LogP) is 3.42. The molecular formula is C17H17ClN4O. The summed E-state index contributed by atoms with van der Waals surface area (Å²) in [5.74, 6) is -0.428. The molecule has 2 aromatic rings. The zero-order valence-corrected chi connectivity index (χ0v) is 14.0. The van der Waals surface area contributed by atoms with Crippen LogP contribution in [0.5, 0.6) is 0 Å². The average molecular weight is 329 g/mol. The van der Waals surface area contributed by atoms with E-state index in [0.717, 1.165) is 28.2 Å². The van der Waals surface area contributed by atoms with Crippen LogP contribution in [0, 0.1) is 32.1 Å². The summed E-state index contributed by atoms with van der Waals surface area (Å²) in [6, 6.07) is 9.52. The van der Waals surface area contributed by atoms with E-state index in [9.17, 15) is 4.79 Å². The lowest BCUT2D eigenvalue weighted by Gasteiger charge is -2.13. The van der Waals surface area contributed by atoms with E-state index in [-0.39, 0.29) is 6.42 Å². The Morgan fingerprint density at radius 3 is 2.83 bits per heavy atom. The Bertz CT molecular complexity index is 815. The summed E-state index contributed by atoms with van der Waals surface area (Å²) in [4.78, 5) is 11.2. The molecule has 0 unspecified atom stereocenters. The first-order valence-electron chi connectivity index (χ1n) is 7.08. The minimum atomic E-state index is -0.428. The molecule has 0 atom stereocenters. The second-order valence-corrected chi connectivity index (χ2v) is 5.66. The highest BCUT2D eigenvalue weighted by molar-refractivity contribution is 6.30. The molecule has 0 aliphatic rings. The van der Waals surface area contributed by atoms with E-state index in [0.29, 0.717) is 5.02 Å². The van der Waals surface area contributed by atoms with Gasteiger partial charge in [-0.2, -0.15) is 10.4 Å². The number of nitriles is 1. The number of hydrazone groups is 1. The van der Waals surface area contributed by atoms with Gasteiger partial charge in [0.25, 0.3) is 5.91 Å². The monoisotopic (exact) mass is 328 g/mol. The molecule has 5 nitrogen and oxygen atoms in total. The molecule has 1 heterocycles. The first-order chi connectivity index (χ1) is 10.9. The Labute approximate surface area is 140 Å². The van der Waals surface area contributed by atoms with E-state index in [2.05, 4.69) is 15.1 Å². The van der Waals surface area contributed by atoms with Crippen LogP contribution in [-0.4, -0.2) is 16.7 Å². The number of carbonyl (C=O) groups is 1. The lowest BCUT2D eigenvalue weighted by Crippen LogP contribution is -2.16. The van der Waals surface area contributed by atoms with Crippen molar-refractivity contribution in [3.8, 4) is 11.8 Å². The quantitative estimate of drug-likeness (QED) is 0.690. The molecule has 1 aromatic carbocycles. The van der Waals surface area contributed by atoms with Gasteiger partial charge in [0.2, 0.25) is 0 Å². The van der Waals surface area contributed by atoms with Gasteiger partial charge in [0, 0.05) is 27.7 Å². The van der Waals surface area contributed by atoms with Gasteiger partial charge in [-0.05, 0) is 44.5 Å². The first kappa shape index (κ1) is 16.8. The normalized spacial score (nSPS) is 10.7. The van der Waals surface area contributed by atoms with E-state index in [1.807, 2.05) is 45.0 Å². The third-order valence-corrected chi connectivity index (χ3v) is 3.75. The molecule has 23 heavy (non-hydrogen) atoms. The van der Waals surface area contributed by atoms with Gasteiger partial charge < -0.3 is 4.57 Å². The molecule has 0 fully saturated rings. The fourth-order valence-electron chi connectivity index (χ4n) is 2.40. The predicted molar refractivity (Wildman–Crippen MR) is 91.0 cm³/mol. The second kappa shape index (κ2) is 7.12. The van der Waals surface area contributed by atoms with Crippen molar-refractivity contribution in [2.75, 3.05) is 0 Å². The standard InChI is InChI=1S/C17H17ClN4O/c1-11-4-5-15(18)9-16(11)22-12(2)8-14(13(22)3)10-20-21-17(23)6-7-19/h4-5,8-10H,6H2,1-3H3,(H,21,23)/b20-10-. The summed E-state index contributed by atoms with van der Waals surface area (Å²) in [6.07, 6.45) is 1.37. The number of nitrogens with zero attached hydrogens (tertiary/aromatic N) is 3. The number of aryl methyl sites for hydroxylation is 2. The van der Waals surface area contributed by atoms with Crippen LogP contribution in [0.15, 0.2) is 29.4 Å². The van der Waals surface area contributed by atoms with E-state index in [1.165, 1.54) is 0 Å². The van der Waals surface area contributed by atoms with E-state index in [4.69, 9.17) is 16.9 Å². The molecule has 0 aliphatic heterocycles. The fourth-order valence-corrected chi connectivity index (χ4v) is 2.56. The smallest absolute Gasteiger partial charge is 0.254 e. The van der Waals surface area contributed by atoms with E-state index < -0.39 is 5.91 Å². The van der Waals surface area contributed by atoms with Crippen LogP contribution < -0.4 is 5.43 Å². The first-order valence-corrected chi connectivity index (χ1v) is 7.46. The number of nitrogens with one attached hydrogen (secondary N) is 1. The Hall–Kier alpha value is -2.58. The SMILES string of the molecule is Cc1ccc(Cl)cc1-n1c(C)cc(/C=N\NC(=O)CC#N)c1C. The topological polar surface area (TPSA) is 70.2 Å². The Morgan fingerprint density at radius 1 is 1.39 bits per heavy atom. The Morgan fingerprint density at radius 2 is 2.13 bits per heavy atom. The molecule has 2 rings (SSSR count). The molecule has 6 heteroatoms. The number of carbonyl (C=O) groups excluding carboxylic acids is 1. The van der Waals surface area contributed by atoms with Crippen LogP contribution >= 0.6 is 11.6 Å². The summed E-state index contributed by atoms with van der Waals surface area (Å²) in [6.45, 7) is 6.01. The molecule has 0 spiro atoms. The maximum Gasteiger partial charge on any atom is 0.254 e. The number of benzene rings is 1. The summed E-state index contributed by atoms with van der Waals surface area (Å²) in [5, 5.41) is 13.0. The van der Waals surface area contributed by atoms with Crippen LogP contribution in [0.1, 0.15) is 28.9 Å². The largest absolute Gasteiger partial charge is 0.318 e.